The number of nitriles is 1. The van der Waals surface area contributed by atoms with E-state index in [0.717, 1.165) is 16.5 Å². The molecule has 0 unspecified atom stereocenters. The van der Waals surface area contributed by atoms with E-state index in [4.69, 9.17) is 9.26 Å². The van der Waals surface area contributed by atoms with E-state index in [-0.39, 0.29) is 6.10 Å². The molecule has 4 rings (SSSR count). The summed E-state index contributed by atoms with van der Waals surface area (Å²) in [5.41, 5.74) is 3.67. The Morgan fingerprint density at radius 2 is 2.03 bits per heavy atom. The molecule has 4 aromatic rings. The second-order valence-electron chi connectivity index (χ2n) is 7.77. The number of carboxylic acids is 1. The molecule has 33 heavy (non-hydrogen) atoms. The number of nitrogens with zero attached hydrogens (tertiary/aromatic N) is 3. The van der Waals surface area contributed by atoms with Crippen LogP contribution in [0.4, 0.5) is 0 Å². The lowest BCUT2D eigenvalue weighted by molar-refractivity contribution is -0.132. The van der Waals surface area contributed by atoms with Gasteiger partial charge in [0.25, 0.3) is 5.89 Å². The molecule has 0 atom stereocenters. The fraction of sp³-hybridized carbons (Fsp3) is 0.200. The van der Waals surface area contributed by atoms with Crippen molar-refractivity contribution in [3.63, 3.8) is 0 Å². The van der Waals surface area contributed by atoms with Crippen LogP contribution in [0.25, 0.3) is 39.8 Å². The van der Waals surface area contributed by atoms with Crippen molar-refractivity contribution in [2.75, 3.05) is 0 Å². The highest BCUT2D eigenvalue weighted by molar-refractivity contribution is 5.93. The van der Waals surface area contributed by atoms with E-state index in [2.05, 4.69) is 21.2 Å². The van der Waals surface area contributed by atoms with E-state index < -0.39 is 5.97 Å². The Hall–Kier alpha value is -4.38. The lowest BCUT2D eigenvalue weighted by atomic mass is 10.1. The average Bonchev–Trinajstić information content (AvgIpc) is 3.43. The molecule has 0 bridgehead atoms. The zero-order chi connectivity index (χ0) is 23.5. The lowest BCUT2D eigenvalue weighted by Gasteiger charge is -2.11. The van der Waals surface area contributed by atoms with Gasteiger partial charge >= 0.3 is 5.97 Å². The summed E-state index contributed by atoms with van der Waals surface area (Å²) < 4.78 is 11.1. The molecular formula is C25H22N4O4. The zero-order valence-corrected chi connectivity index (χ0v) is 18.4. The summed E-state index contributed by atoms with van der Waals surface area (Å²) in [5.74, 6) is 0.280. The number of aliphatic carboxylic acids is 1. The van der Waals surface area contributed by atoms with Gasteiger partial charge in [0.15, 0.2) is 0 Å². The summed E-state index contributed by atoms with van der Waals surface area (Å²) in [6, 6.07) is 14.8. The third-order valence-corrected chi connectivity index (χ3v) is 5.02. The van der Waals surface area contributed by atoms with Crippen LogP contribution in [0.2, 0.25) is 0 Å². The summed E-state index contributed by atoms with van der Waals surface area (Å²) in [5, 5.41) is 23.7. The molecule has 0 aliphatic rings. The van der Waals surface area contributed by atoms with Crippen molar-refractivity contribution in [1.29, 1.82) is 5.26 Å². The lowest BCUT2D eigenvalue weighted by Crippen LogP contribution is -2.06. The van der Waals surface area contributed by atoms with Crippen molar-refractivity contribution in [1.82, 2.24) is 15.1 Å². The van der Waals surface area contributed by atoms with Crippen molar-refractivity contribution in [2.45, 2.75) is 33.3 Å². The maximum absolute atomic E-state index is 11.3. The van der Waals surface area contributed by atoms with Crippen molar-refractivity contribution in [2.24, 2.45) is 0 Å². The van der Waals surface area contributed by atoms with E-state index in [1.54, 1.807) is 31.2 Å². The van der Waals surface area contributed by atoms with Gasteiger partial charge in [-0.1, -0.05) is 12.1 Å². The van der Waals surface area contributed by atoms with Crippen molar-refractivity contribution in [3.8, 4) is 34.7 Å². The molecule has 2 heterocycles. The number of hydrogen-bond acceptors (Lipinski definition) is 6. The fourth-order valence-electron chi connectivity index (χ4n) is 3.44. The largest absolute Gasteiger partial charge is 0.490 e. The molecule has 2 aromatic carbocycles. The second-order valence-corrected chi connectivity index (χ2v) is 7.77. The predicted octanol–water partition coefficient (Wildman–Crippen LogP) is 5.42. The predicted molar refractivity (Wildman–Crippen MR) is 123 cm³/mol. The smallest absolute Gasteiger partial charge is 0.331 e. The van der Waals surface area contributed by atoms with Crippen LogP contribution >= 0.6 is 0 Å². The van der Waals surface area contributed by atoms with Gasteiger partial charge in [-0.2, -0.15) is 10.2 Å². The summed E-state index contributed by atoms with van der Waals surface area (Å²) >= 11 is 0. The number of H-pyrrole nitrogens is 1. The SMILES string of the molecule is CCC(=Cc1cc2cc(-c3noc(-c4ccc(OC(C)C)c(C#N)c4)n3)ccc2[nH]1)C(=O)O. The van der Waals surface area contributed by atoms with Crippen LogP contribution in [0.3, 0.4) is 0 Å². The molecule has 0 radical (unpaired) electrons. The Kier molecular flexibility index (Phi) is 5.96. The normalized spacial score (nSPS) is 11.7. The molecule has 0 saturated heterocycles. The Bertz CT molecular complexity index is 1410. The van der Waals surface area contributed by atoms with E-state index >= 15 is 0 Å². The number of nitrogens with one attached hydrogen (secondary N) is 1. The second kappa shape index (κ2) is 9.01. The summed E-state index contributed by atoms with van der Waals surface area (Å²) in [7, 11) is 0. The van der Waals surface area contributed by atoms with Gasteiger partial charge in [0.05, 0.1) is 11.7 Å². The molecule has 2 aromatic heterocycles. The van der Waals surface area contributed by atoms with Crippen LogP contribution in [0.1, 0.15) is 38.4 Å². The molecule has 166 valence electrons. The summed E-state index contributed by atoms with van der Waals surface area (Å²) in [6.07, 6.45) is 2.02. The third kappa shape index (κ3) is 4.62. The minimum atomic E-state index is -0.931. The minimum Gasteiger partial charge on any atom is -0.490 e. The summed E-state index contributed by atoms with van der Waals surface area (Å²) in [6.45, 7) is 5.60. The van der Waals surface area contributed by atoms with E-state index in [1.807, 2.05) is 38.1 Å². The molecule has 0 fully saturated rings. The first-order chi connectivity index (χ1) is 15.9. The van der Waals surface area contributed by atoms with Gasteiger partial charge < -0.3 is 19.4 Å². The maximum atomic E-state index is 11.3. The Labute approximate surface area is 190 Å². The molecule has 0 spiro atoms. The van der Waals surface area contributed by atoms with Crippen molar-refractivity contribution >= 4 is 22.9 Å². The standard InChI is InChI=1S/C25H22N4O4/c1-4-15(25(30)31)11-20-12-18-9-16(5-7-21(18)27-20)23-28-24(33-29-23)17-6-8-22(32-14(2)3)19(10-17)13-26/h5-12,14,27H,4H2,1-3H3,(H,30,31). The van der Waals surface area contributed by atoms with Gasteiger partial charge in [0, 0.05) is 33.3 Å². The van der Waals surface area contributed by atoms with Gasteiger partial charge in [-0.15, -0.1) is 0 Å². The third-order valence-electron chi connectivity index (χ3n) is 5.02. The van der Waals surface area contributed by atoms with Crippen molar-refractivity contribution < 1.29 is 19.2 Å². The highest BCUT2D eigenvalue weighted by Crippen LogP contribution is 2.29. The Morgan fingerprint density at radius 3 is 2.73 bits per heavy atom. The highest BCUT2D eigenvalue weighted by Gasteiger charge is 2.15. The monoisotopic (exact) mass is 442 g/mol. The molecular weight excluding hydrogens is 420 g/mol. The minimum absolute atomic E-state index is 0.0463. The van der Waals surface area contributed by atoms with E-state index in [0.29, 0.717) is 46.3 Å². The number of rotatable bonds is 7. The van der Waals surface area contributed by atoms with E-state index in [9.17, 15) is 15.2 Å². The molecule has 8 nitrogen and oxygen atoms in total. The number of carbonyl (C=O) groups is 1. The van der Waals surface area contributed by atoms with Crippen LogP contribution in [0.5, 0.6) is 5.75 Å². The zero-order valence-electron chi connectivity index (χ0n) is 18.4. The molecule has 0 aliphatic carbocycles. The number of hydrogen-bond donors (Lipinski definition) is 2. The first-order valence-electron chi connectivity index (χ1n) is 10.5. The van der Waals surface area contributed by atoms with Crippen LogP contribution < -0.4 is 4.74 Å². The molecule has 2 N–H and O–H groups in total. The van der Waals surface area contributed by atoms with Gasteiger partial charge in [-0.3, -0.25) is 0 Å². The van der Waals surface area contributed by atoms with Gasteiger partial charge in [-0.05, 0) is 68.8 Å². The fourth-order valence-corrected chi connectivity index (χ4v) is 3.44. The van der Waals surface area contributed by atoms with E-state index in [1.165, 1.54) is 0 Å². The first-order valence-corrected chi connectivity index (χ1v) is 10.5. The number of benzene rings is 2. The van der Waals surface area contributed by atoms with Gasteiger partial charge in [0.2, 0.25) is 5.82 Å². The number of ether oxygens (including phenoxy) is 1. The quantitative estimate of drug-likeness (QED) is 0.366. The van der Waals surface area contributed by atoms with Gasteiger partial charge in [-0.25, -0.2) is 4.79 Å². The summed E-state index contributed by atoms with van der Waals surface area (Å²) in [4.78, 5) is 19.0. The van der Waals surface area contributed by atoms with Gasteiger partial charge in [0.1, 0.15) is 11.8 Å². The molecule has 0 amide bonds. The number of fused-ring (bicyclic) bond motifs is 1. The highest BCUT2D eigenvalue weighted by atomic mass is 16.5. The number of carboxylic acid groups (broad SMARTS) is 1. The van der Waals surface area contributed by atoms with Crippen molar-refractivity contribution in [3.05, 3.63) is 59.3 Å². The first kappa shape index (κ1) is 21.8. The number of aromatic amines is 1. The molecule has 8 heteroatoms. The topological polar surface area (TPSA) is 125 Å². The van der Waals surface area contributed by atoms with Crippen LogP contribution in [-0.4, -0.2) is 32.3 Å². The van der Waals surface area contributed by atoms with Crippen LogP contribution in [0.15, 0.2) is 52.6 Å². The average molecular weight is 442 g/mol. The molecule has 0 saturated carbocycles. The number of aromatic nitrogens is 3. The maximum Gasteiger partial charge on any atom is 0.331 e. The van der Waals surface area contributed by atoms with Crippen LogP contribution in [-0.2, 0) is 4.79 Å². The van der Waals surface area contributed by atoms with Crippen LogP contribution in [0, 0.1) is 11.3 Å². The Balaban J connectivity index is 1.64. The molecule has 0 aliphatic heterocycles. The Morgan fingerprint density at radius 1 is 1.24 bits per heavy atom.